The van der Waals surface area contributed by atoms with E-state index in [1.807, 2.05) is 39.0 Å². The number of aryl methyl sites for hydroxylation is 2. The van der Waals surface area contributed by atoms with Crippen molar-refractivity contribution in [3.63, 3.8) is 0 Å². The zero-order valence-corrected chi connectivity index (χ0v) is 10.8. The Bertz CT molecular complexity index is 556. The molecule has 2 aromatic rings. The van der Waals surface area contributed by atoms with Crippen LogP contribution in [0.3, 0.4) is 0 Å². The number of nitrogens with zero attached hydrogens (tertiary/aromatic N) is 2. The van der Waals surface area contributed by atoms with Gasteiger partial charge in [-0.25, -0.2) is 9.97 Å². The predicted octanol–water partition coefficient (Wildman–Crippen LogP) is 3.30. The molecule has 1 aromatic carbocycles. The van der Waals surface area contributed by atoms with Gasteiger partial charge in [-0.1, -0.05) is 11.6 Å². The normalized spacial score (nSPS) is 10.6. The monoisotopic (exact) mass is 247 g/mol. The van der Waals surface area contributed by atoms with Gasteiger partial charge in [0.25, 0.3) is 0 Å². The van der Waals surface area contributed by atoms with Crippen molar-refractivity contribution in [1.29, 1.82) is 0 Å². The molecule has 3 nitrogen and oxygen atoms in total. The molecule has 1 heterocycles. The van der Waals surface area contributed by atoms with E-state index in [1.165, 1.54) is 0 Å². The van der Waals surface area contributed by atoms with Crippen LogP contribution in [-0.4, -0.2) is 9.97 Å². The topological polar surface area (TPSA) is 51.8 Å². The number of anilines is 1. The van der Waals surface area contributed by atoms with Crippen LogP contribution in [-0.2, 0) is 0 Å². The van der Waals surface area contributed by atoms with Gasteiger partial charge in [0, 0.05) is 21.8 Å². The number of rotatable bonds is 1. The number of hydrogen-bond acceptors (Lipinski definition) is 3. The summed E-state index contributed by atoms with van der Waals surface area (Å²) in [6.45, 7) is 5.83. The van der Waals surface area contributed by atoms with E-state index >= 15 is 0 Å². The lowest BCUT2D eigenvalue weighted by atomic mass is 10.1. The summed E-state index contributed by atoms with van der Waals surface area (Å²) in [5.74, 6) is 1.18. The zero-order valence-electron chi connectivity index (χ0n) is 10.1. The average molecular weight is 248 g/mol. The second-order valence-electron chi connectivity index (χ2n) is 4.10. The molecule has 0 saturated heterocycles. The highest BCUT2D eigenvalue weighted by atomic mass is 35.5. The van der Waals surface area contributed by atoms with Crippen LogP contribution in [0.4, 0.5) is 5.82 Å². The molecule has 0 fully saturated rings. The maximum absolute atomic E-state index is 5.93. The average Bonchev–Trinajstić information content (AvgIpc) is 2.25. The standard InChI is InChI=1S/C13H14ClN3/c1-7-6-10(14)4-5-11(7)13-16-9(3)8(2)12(15)17-13/h4-6H,1-3H3,(H2,15,16,17). The summed E-state index contributed by atoms with van der Waals surface area (Å²) < 4.78 is 0. The van der Waals surface area contributed by atoms with Gasteiger partial charge in [0.1, 0.15) is 5.82 Å². The lowest BCUT2D eigenvalue weighted by molar-refractivity contribution is 1.08. The molecule has 0 aliphatic heterocycles. The summed E-state index contributed by atoms with van der Waals surface area (Å²) in [7, 11) is 0. The Morgan fingerprint density at radius 2 is 1.82 bits per heavy atom. The fourth-order valence-corrected chi connectivity index (χ4v) is 1.88. The molecule has 4 heteroatoms. The molecule has 0 aliphatic rings. The number of hydrogen-bond donors (Lipinski definition) is 1. The number of halogens is 1. The highest BCUT2D eigenvalue weighted by Gasteiger charge is 2.09. The maximum Gasteiger partial charge on any atom is 0.162 e. The summed E-state index contributed by atoms with van der Waals surface area (Å²) in [4.78, 5) is 8.78. The first-order valence-corrected chi connectivity index (χ1v) is 5.74. The summed E-state index contributed by atoms with van der Waals surface area (Å²) in [5, 5.41) is 0.711. The lowest BCUT2D eigenvalue weighted by Crippen LogP contribution is -2.02. The molecule has 0 aliphatic carbocycles. The molecule has 0 radical (unpaired) electrons. The van der Waals surface area contributed by atoms with Gasteiger partial charge in [-0.2, -0.15) is 0 Å². The van der Waals surface area contributed by atoms with Gasteiger partial charge < -0.3 is 5.73 Å². The van der Waals surface area contributed by atoms with Crippen LogP contribution in [0.2, 0.25) is 5.02 Å². The largest absolute Gasteiger partial charge is 0.383 e. The minimum atomic E-state index is 0.529. The lowest BCUT2D eigenvalue weighted by Gasteiger charge is -2.09. The van der Waals surface area contributed by atoms with Gasteiger partial charge in [-0.05, 0) is 44.5 Å². The Morgan fingerprint density at radius 3 is 2.41 bits per heavy atom. The van der Waals surface area contributed by atoms with Crippen LogP contribution in [0.25, 0.3) is 11.4 Å². The molecule has 88 valence electrons. The van der Waals surface area contributed by atoms with E-state index in [4.69, 9.17) is 17.3 Å². The fraction of sp³-hybridized carbons (Fsp3) is 0.231. The molecule has 17 heavy (non-hydrogen) atoms. The van der Waals surface area contributed by atoms with Gasteiger partial charge in [0.2, 0.25) is 0 Å². The number of benzene rings is 1. The van der Waals surface area contributed by atoms with Crippen molar-refractivity contribution in [3.8, 4) is 11.4 Å². The van der Waals surface area contributed by atoms with Gasteiger partial charge in [0.05, 0.1) is 0 Å². The van der Waals surface area contributed by atoms with E-state index in [-0.39, 0.29) is 0 Å². The summed E-state index contributed by atoms with van der Waals surface area (Å²) in [6.07, 6.45) is 0. The Labute approximate surface area is 106 Å². The summed E-state index contributed by atoms with van der Waals surface area (Å²) in [5.41, 5.74) is 9.70. The SMILES string of the molecule is Cc1cc(Cl)ccc1-c1nc(C)c(C)c(N)n1. The Hall–Kier alpha value is -1.61. The third-order valence-corrected chi connectivity index (χ3v) is 3.09. The van der Waals surface area contributed by atoms with Crippen LogP contribution < -0.4 is 5.73 Å². The third kappa shape index (κ3) is 2.24. The second kappa shape index (κ2) is 4.34. The van der Waals surface area contributed by atoms with E-state index in [0.29, 0.717) is 16.7 Å². The summed E-state index contributed by atoms with van der Waals surface area (Å²) >= 11 is 5.93. The molecule has 0 atom stereocenters. The van der Waals surface area contributed by atoms with Crippen molar-refractivity contribution in [3.05, 3.63) is 40.0 Å². The van der Waals surface area contributed by atoms with E-state index < -0.39 is 0 Å². The number of aromatic nitrogens is 2. The first-order valence-electron chi connectivity index (χ1n) is 5.36. The molecule has 0 spiro atoms. The molecular weight excluding hydrogens is 234 g/mol. The van der Waals surface area contributed by atoms with Gasteiger partial charge in [-0.3, -0.25) is 0 Å². The molecule has 0 unspecified atom stereocenters. The van der Waals surface area contributed by atoms with Crippen molar-refractivity contribution in [2.45, 2.75) is 20.8 Å². The van der Waals surface area contributed by atoms with Crippen LogP contribution in [0.1, 0.15) is 16.8 Å². The highest BCUT2D eigenvalue weighted by Crippen LogP contribution is 2.25. The smallest absolute Gasteiger partial charge is 0.162 e. The Morgan fingerprint density at radius 1 is 1.12 bits per heavy atom. The molecule has 0 amide bonds. The van der Waals surface area contributed by atoms with E-state index in [0.717, 1.165) is 22.4 Å². The Kier molecular flexibility index (Phi) is 3.03. The van der Waals surface area contributed by atoms with Gasteiger partial charge in [0.15, 0.2) is 5.82 Å². The van der Waals surface area contributed by atoms with Crippen molar-refractivity contribution in [2.75, 3.05) is 5.73 Å². The quantitative estimate of drug-likeness (QED) is 0.841. The minimum Gasteiger partial charge on any atom is -0.383 e. The Balaban J connectivity index is 2.61. The molecule has 2 N–H and O–H groups in total. The minimum absolute atomic E-state index is 0.529. The maximum atomic E-state index is 5.93. The first kappa shape index (κ1) is 11.9. The van der Waals surface area contributed by atoms with Gasteiger partial charge >= 0.3 is 0 Å². The van der Waals surface area contributed by atoms with Crippen molar-refractivity contribution in [1.82, 2.24) is 9.97 Å². The second-order valence-corrected chi connectivity index (χ2v) is 4.54. The molecule has 2 rings (SSSR count). The predicted molar refractivity (Wildman–Crippen MR) is 71.1 cm³/mol. The van der Waals surface area contributed by atoms with E-state index in [1.54, 1.807) is 0 Å². The molecule has 1 aromatic heterocycles. The van der Waals surface area contributed by atoms with Crippen molar-refractivity contribution >= 4 is 17.4 Å². The zero-order chi connectivity index (χ0) is 12.6. The van der Waals surface area contributed by atoms with Crippen molar-refractivity contribution < 1.29 is 0 Å². The van der Waals surface area contributed by atoms with Crippen LogP contribution in [0, 0.1) is 20.8 Å². The number of nitrogen functional groups attached to an aromatic ring is 1. The van der Waals surface area contributed by atoms with Gasteiger partial charge in [-0.15, -0.1) is 0 Å². The molecule has 0 bridgehead atoms. The fourth-order valence-electron chi connectivity index (χ4n) is 1.65. The highest BCUT2D eigenvalue weighted by molar-refractivity contribution is 6.30. The van der Waals surface area contributed by atoms with Crippen LogP contribution >= 0.6 is 11.6 Å². The van der Waals surface area contributed by atoms with E-state index in [2.05, 4.69) is 9.97 Å². The number of nitrogens with two attached hydrogens (primary N) is 1. The van der Waals surface area contributed by atoms with Crippen LogP contribution in [0.5, 0.6) is 0 Å². The summed E-state index contributed by atoms with van der Waals surface area (Å²) in [6, 6.07) is 5.64. The van der Waals surface area contributed by atoms with Crippen LogP contribution in [0.15, 0.2) is 18.2 Å². The van der Waals surface area contributed by atoms with E-state index in [9.17, 15) is 0 Å². The van der Waals surface area contributed by atoms with Crippen molar-refractivity contribution in [2.24, 2.45) is 0 Å². The first-order chi connectivity index (χ1) is 7.99. The molecular formula is C13H14ClN3. The molecule has 0 saturated carbocycles. The third-order valence-electron chi connectivity index (χ3n) is 2.86.